The summed E-state index contributed by atoms with van der Waals surface area (Å²) in [7, 11) is 0. The van der Waals surface area contributed by atoms with Gasteiger partial charge in [-0.1, -0.05) is 82.2 Å². The van der Waals surface area contributed by atoms with Gasteiger partial charge in [-0.25, -0.2) is 4.79 Å². The van der Waals surface area contributed by atoms with Crippen LogP contribution in [0, 0.1) is 0 Å². The minimum atomic E-state index is -0.887. The average molecular weight is 306 g/mol. The van der Waals surface area contributed by atoms with Gasteiger partial charge in [-0.15, -0.1) is 0 Å². The van der Waals surface area contributed by atoms with Crippen molar-refractivity contribution >= 4 is 5.97 Å². The van der Waals surface area contributed by atoms with Gasteiger partial charge in [-0.05, 0) is 32.1 Å². The van der Waals surface area contributed by atoms with Crippen molar-refractivity contribution < 1.29 is 9.90 Å². The van der Waals surface area contributed by atoms with Crippen LogP contribution in [-0.2, 0) is 4.79 Å². The van der Waals surface area contributed by atoms with Gasteiger partial charge in [-0.2, -0.15) is 0 Å². The summed E-state index contributed by atoms with van der Waals surface area (Å²) in [6.07, 6.45) is 26.7. The number of carboxylic acids is 1. The van der Waals surface area contributed by atoms with E-state index in [1.54, 1.807) is 6.08 Å². The first-order valence-corrected chi connectivity index (χ1v) is 8.98. The first kappa shape index (κ1) is 20.7. The van der Waals surface area contributed by atoms with Crippen LogP contribution in [0.1, 0.15) is 84.0 Å². The van der Waals surface area contributed by atoms with E-state index < -0.39 is 5.97 Å². The van der Waals surface area contributed by atoms with E-state index in [2.05, 4.69) is 19.1 Å². The summed E-state index contributed by atoms with van der Waals surface area (Å²) in [5.74, 6) is -0.887. The Balaban J connectivity index is 3.14. The second kappa shape index (κ2) is 17.7. The second-order valence-electron chi connectivity index (χ2n) is 5.76. The van der Waals surface area contributed by atoms with Crippen molar-refractivity contribution in [2.24, 2.45) is 0 Å². The van der Waals surface area contributed by atoms with Crippen molar-refractivity contribution in [1.82, 2.24) is 0 Å². The first-order valence-electron chi connectivity index (χ1n) is 8.98. The average Bonchev–Trinajstić information content (AvgIpc) is 2.50. The van der Waals surface area contributed by atoms with Gasteiger partial charge in [0.15, 0.2) is 0 Å². The molecule has 0 aliphatic rings. The third-order valence-electron chi connectivity index (χ3n) is 3.63. The predicted molar refractivity (Wildman–Crippen MR) is 96.1 cm³/mol. The van der Waals surface area contributed by atoms with Crippen LogP contribution in [0.15, 0.2) is 36.5 Å². The highest BCUT2D eigenvalue weighted by Gasteiger charge is 1.92. The fourth-order valence-electron chi connectivity index (χ4n) is 2.36. The minimum Gasteiger partial charge on any atom is -0.478 e. The number of rotatable bonds is 15. The van der Waals surface area contributed by atoms with Crippen LogP contribution in [0.3, 0.4) is 0 Å². The standard InChI is InChI=1S/C20H34O2/c1-2-3-4-5-6-7-8-9-10-11-12-13-14-15-16-17-18-19-20(21)22/h3-4,16-19H,2,5-15H2,1H3,(H,21,22)/b4-3?,17-16-,19-18?. The van der Waals surface area contributed by atoms with Gasteiger partial charge in [0, 0.05) is 6.08 Å². The Morgan fingerprint density at radius 2 is 1.23 bits per heavy atom. The fourth-order valence-corrected chi connectivity index (χ4v) is 2.36. The topological polar surface area (TPSA) is 37.3 Å². The lowest BCUT2D eigenvalue weighted by atomic mass is 10.1. The molecule has 0 aliphatic heterocycles. The van der Waals surface area contributed by atoms with E-state index in [1.807, 2.05) is 12.2 Å². The monoisotopic (exact) mass is 306 g/mol. The molecule has 0 heterocycles. The molecule has 1 N–H and O–H groups in total. The van der Waals surface area contributed by atoms with Crippen LogP contribution in [-0.4, -0.2) is 11.1 Å². The fraction of sp³-hybridized carbons (Fsp3) is 0.650. The Kier molecular flexibility index (Phi) is 16.7. The number of allylic oxidation sites excluding steroid dienone is 5. The quantitative estimate of drug-likeness (QED) is 0.163. The van der Waals surface area contributed by atoms with Crippen molar-refractivity contribution in [2.75, 3.05) is 0 Å². The van der Waals surface area contributed by atoms with Crippen molar-refractivity contribution in [1.29, 1.82) is 0 Å². The lowest BCUT2D eigenvalue weighted by molar-refractivity contribution is -0.131. The molecular formula is C20H34O2. The smallest absolute Gasteiger partial charge is 0.328 e. The summed E-state index contributed by atoms with van der Waals surface area (Å²) in [5.41, 5.74) is 0. The molecule has 2 heteroatoms. The molecule has 0 spiro atoms. The maximum Gasteiger partial charge on any atom is 0.328 e. The summed E-state index contributed by atoms with van der Waals surface area (Å²) >= 11 is 0. The van der Waals surface area contributed by atoms with Crippen LogP contribution < -0.4 is 0 Å². The Bertz CT molecular complexity index is 327. The summed E-state index contributed by atoms with van der Waals surface area (Å²) in [4.78, 5) is 10.2. The van der Waals surface area contributed by atoms with E-state index in [0.29, 0.717) is 0 Å². The molecule has 0 unspecified atom stereocenters. The van der Waals surface area contributed by atoms with Crippen molar-refractivity contribution in [3.05, 3.63) is 36.5 Å². The zero-order valence-electron chi connectivity index (χ0n) is 14.3. The highest BCUT2D eigenvalue weighted by Crippen LogP contribution is 2.11. The lowest BCUT2D eigenvalue weighted by Gasteiger charge is -2.01. The molecule has 0 rings (SSSR count). The number of hydrogen-bond donors (Lipinski definition) is 1. The maximum atomic E-state index is 10.2. The Hall–Kier alpha value is -1.31. The number of carboxylic acid groups (broad SMARTS) is 1. The van der Waals surface area contributed by atoms with Gasteiger partial charge >= 0.3 is 5.97 Å². The zero-order chi connectivity index (χ0) is 16.3. The van der Waals surface area contributed by atoms with Gasteiger partial charge < -0.3 is 5.11 Å². The third kappa shape index (κ3) is 18.7. The third-order valence-corrected chi connectivity index (χ3v) is 3.63. The predicted octanol–water partition coefficient (Wildman–Crippen LogP) is 6.44. The van der Waals surface area contributed by atoms with Crippen LogP contribution in [0.25, 0.3) is 0 Å². The zero-order valence-corrected chi connectivity index (χ0v) is 14.3. The molecule has 0 saturated heterocycles. The van der Waals surface area contributed by atoms with E-state index in [4.69, 9.17) is 5.11 Å². The van der Waals surface area contributed by atoms with E-state index in [9.17, 15) is 4.79 Å². The summed E-state index contributed by atoms with van der Waals surface area (Å²) < 4.78 is 0. The molecule has 0 fully saturated rings. The molecule has 0 amide bonds. The number of aliphatic carboxylic acids is 1. The molecule has 0 aromatic rings. The Labute approximate surface area is 137 Å². The molecule has 0 aromatic carbocycles. The first-order chi connectivity index (χ1) is 10.8. The summed E-state index contributed by atoms with van der Waals surface area (Å²) in [5, 5.41) is 8.42. The van der Waals surface area contributed by atoms with Gasteiger partial charge in [0.25, 0.3) is 0 Å². The van der Waals surface area contributed by atoms with Gasteiger partial charge in [0.1, 0.15) is 0 Å². The van der Waals surface area contributed by atoms with Crippen molar-refractivity contribution in [3.8, 4) is 0 Å². The van der Waals surface area contributed by atoms with Crippen LogP contribution in [0.2, 0.25) is 0 Å². The maximum absolute atomic E-state index is 10.2. The number of hydrogen-bond acceptors (Lipinski definition) is 1. The SMILES string of the molecule is CCC=CCCCCCCCCCCC/C=C\C=CC(=O)O. The van der Waals surface area contributed by atoms with Crippen molar-refractivity contribution in [2.45, 2.75) is 84.0 Å². The van der Waals surface area contributed by atoms with E-state index in [0.717, 1.165) is 18.9 Å². The number of carbonyl (C=O) groups is 1. The van der Waals surface area contributed by atoms with Crippen LogP contribution >= 0.6 is 0 Å². The molecule has 2 nitrogen and oxygen atoms in total. The van der Waals surface area contributed by atoms with E-state index in [1.165, 1.54) is 64.2 Å². The highest BCUT2D eigenvalue weighted by molar-refractivity contribution is 5.80. The summed E-state index contributed by atoms with van der Waals surface area (Å²) in [6, 6.07) is 0. The molecule has 0 aliphatic carbocycles. The minimum absolute atomic E-state index is 0.887. The van der Waals surface area contributed by atoms with E-state index in [-0.39, 0.29) is 0 Å². The molecular weight excluding hydrogens is 272 g/mol. The van der Waals surface area contributed by atoms with Gasteiger partial charge in [-0.3, -0.25) is 0 Å². The summed E-state index contributed by atoms with van der Waals surface area (Å²) in [6.45, 7) is 2.18. The molecule has 22 heavy (non-hydrogen) atoms. The number of unbranched alkanes of at least 4 members (excludes halogenated alkanes) is 10. The molecule has 0 bridgehead atoms. The normalized spacial score (nSPS) is 12.0. The van der Waals surface area contributed by atoms with E-state index >= 15 is 0 Å². The second-order valence-corrected chi connectivity index (χ2v) is 5.76. The molecule has 0 saturated carbocycles. The molecule has 0 aromatic heterocycles. The van der Waals surface area contributed by atoms with Gasteiger partial charge in [0.05, 0.1) is 0 Å². The van der Waals surface area contributed by atoms with Crippen LogP contribution in [0.4, 0.5) is 0 Å². The molecule has 0 radical (unpaired) electrons. The van der Waals surface area contributed by atoms with Gasteiger partial charge in [0.2, 0.25) is 0 Å². The Morgan fingerprint density at radius 3 is 1.73 bits per heavy atom. The Morgan fingerprint density at radius 1 is 0.727 bits per heavy atom. The highest BCUT2D eigenvalue weighted by atomic mass is 16.4. The van der Waals surface area contributed by atoms with Crippen molar-refractivity contribution in [3.63, 3.8) is 0 Å². The lowest BCUT2D eigenvalue weighted by Crippen LogP contribution is -1.84. The van der Waals surface area contributed by atoms with Crippen LogP contribution in [0.5, 0.6) is 0 Å². The molecule has 0 atom stereocenters. The largest absolute Gasteiger partial charge is 0.478 e. The molecule has 126 valence electrons.